The van der Waals surface area contributed by atoms with E-state index < -0.39 is 11.8 Å². The van der Waals surface area contributed by atoms with Gasteiger partial charge >= 0.3 is 0 Å². The molecule has 0 saturated carbocycles. The molecule has 1 aromatic heterocycles. The summed E-state index contributed by atoms with van der Waals surface area (Å²) < 4.78 is 18.4. The van der Waals surface area contributed by atoms with E-state index in [9.17, 15) is 14.0 Å². The van der Waals surface area contributed by atoms with Crippen molar-refractivity contribution in [3.63, 3.8) is 0 Å². The first-order valence-corrected chi connectivity index (χ1v) is 10.8. The van der Waals surface area contributed by atoms with Gasteiger partial charge in [0.2, 0.25) is 5.90 Å². The van der Waals surface area contributed by atoms with Crippen molar-refractivity contribution in [2.45, 2.75) is 32.4 Å². The average molecular weight is 461 g/mol. The molecule has 1 unspecified atom stereocenters. The molecule has 1 atom stereocenters. The Labute approximate surface area is 196 Å². The zero-order valence-electron chi connectivity index (χ0n) is 18.8. The third kappa shape index (κ3) is 4.93. The van der Waals surface area contributed by atoms with Gasteiger partial charge in [-0.25, -0.2) is 14.4 Å². The lowest BCUT2D eigenvalue weighted by Gasteiger charge is -2.14. The largest absolute Gasteiger partial charge is 0.481 e. The number of fused-ring (bicyclic) bond motifs is 1. The lowest BCUT2D eigenvalue weighted by Crippen LogP contribution is -2.29. The van der Waals surface area contributed by atoms with E-state index in [0.717, 1.165) is 29.5 Å². The van der Waals surface area contributed by atoms with Gasteiger partial charge in [0.05, 0.1) is 13.2 Å². The normalized spacial score (nSPS) is 14.3. The molecular formula is C25H24FN5O3. The minimum Gasteiger partial charge on any atom is -0.481 e. The predicted molar refractivity (Wildman–Crippen MR) is 123 cm³/mol. The van der Waals surface area contributed by atoms with Gasteiger partial charge in [-0.2, -0.15) is 0 Å². The molecule has 0 bridgehead atoms. The number of carbonyl (C=O) groups excluding carboxylic acids is 2. The SMILES string of the molecule is COC(=N)c1ccc2c(c1)CCC2NC(=O)c1cc(C(=O)NCc2ccc(F)c(C)c2)ncn1. The summed E-state index contributed by atoms with van der Waals surface area (Å²) in [6.07, 6.45) is 2.67. The second-order valence-electron chi connectivity index (χ2n) is 8.07. The summed E-state index contributed by atoms with van der Waals surface area (Å²) in [7, 11) is 1.46. The maximum absolute atomic E-state index is 13.4. The van der Waals surface area contributed by atoms with E-state index in [4.69, 9.17) is 10.1 Å². The standard InChI is InChI=1S/C25H24FN5O3/c1-14-9-15(3-7-19(14)26)12-28-24(32)21-11-22(30-13-29-21)25(33)31-20-8-5-16-10-17(23(27)34-2)4-6-18(16)20/h3-4,6-7,9-11,13,20,27H,5,8,12H2,1-2H3,(H,28,32)(H,31,33). The number of ether oxygens (including phenoxy) is 1. The lowest BCUT2D eigenvalue weighted by atomic mass is 10.0. The van der Waals surface area contributed by atoms with Gasteiger partial charge in [0.1, 0.15) is 23.5 Å². The van der Waals surface area contributed by atoms with Crippen molar-refractivity contribution in [2.75, 3.05) is 7.11 Å². The Morgan fingerprint density at radius 1 is 1.12 bits per heavy atom. The van der Waals surface area contributed by atoms with Crippen LogP contribution in [0.1, 0.15) is 61.3 Å². The molecule has 0 radical (unpaired) electrons. The first kappa shape index (κ1) is 23.0. The van der Waals surface area contributed by atoms with E-state index in [0.29, 0.717) is 11.1 Å². The van der Waals surface area contributed by atoms with Crippen LogP contribution in [0.3, 0.4) is 0 Å². The summed E-state index contributed by atoms with van der Waals surface area (Å²) in [5.41, 5.74) is 4.14. The highest BCUT2D eigenvalue weighted by Crippen LogP contribution is 2.32. The summed E-state index contributed by atoms with van der Waals surface area (Å²) >= 11 is 0. The Balaban J connectivity index is 1.41. The summed E-state index contributed by atoms with van der Waals surface area (Å²) in [5.74, 6) is -1.08. The van der Waals surface area contributed by atoms with Crippen molar-refractivity contribution in [1.82, 2.24) is 20.6 Å². The Hall–Kier alpha value is -4.14. The highest BCUT2D eigenvalue weighted by molar-refractivity contribution is 5.97. The number of nitrogens with one attached hydrogen (secondary N) is 3. The van der Waals surface area contributed by atoms with E-state index >= 15 is 0 Å². The summed E-state index contributed by atoms with van der Waals surface area (Å²) in [4.78, 5) is 33.4. The van der Waals surface area contributed by atoms with Crippen LogP contribution in [0.25, 0.3) is 0 Å². The summed E-state index contributed by atoms with van der Waals surface area (Å²) in [6, 6.07) is 11.4. The third-order valence-corrected chi connectivity index (χ3v) is 5.80. The van der Waals surface area contributed by atoms with E-state index in [1.165, 1.54) is 25.6 Å². The van der Waals surface area contributed by atoms with Crippen molar-refractivity contribution in [1.29, 1.82) is 5.41 Å². The lowest BCUT2D eigenvalue weighted by molar-refractivity contribution is 0.0931. The third-order valence-electron chi connectivity index (χ3n) is 5.80. The highest BCUT2D eigenvalue weighted by Gasteiger charge is 2.26. The number of benzene rings is 2. The molecule has 1 aliphatic carbocycles. The molecule has 1 aliphatic rings. The smallest absolute Gasteiger partial charge is 0.270 e. The van der Waals surface area contributed by atoms with Crippen LogP contribution in [0.15, 0.2) is 48.8 Å². The molecule has 0 spiro atoms. The molecule has 1 heterocycles. The molecule has 174 valence electrons. The second-order valence-corrected chi connectivity index (χ2v) is 8.07. The van der Waals surface area contributed by atoms with Gasteiger partial charge in [0, 0.05) is 18.2 Å². The van der Waals surface area contributed by atoms with Crippen LogP contribution < -0.4 is 10.6 Å². The van der Waals surface area contributed by atoms with Crippen LogP contribution in [0.4, 0.5) is 4.39 Å². The highest BCUT2D eigenvalue weighted by atomic mass is 19.1. The minimum atomic E-state index is -0.460. The van der Waals surface area contributed by atoms with Gasteiger partial charge in [-0.3, -0.25) is 15.0 Å². The van der Waals surface area contributed by atoms with Crippen LogP contribution >= 0.6 is 0 Å². The number of methoxy groups -OCH3 is 1. The van der Waals surface area contributed by atoms with Crippen LogP contribution in [0.2, 0.25) is 0 Å². The average Bonchev–Trinajstić information content (AvgIpc) is 3.25. The summed E-state index contributed by atoms with van der Waals surface area (Å²) in [6.45, 7) is 1.86. The topological polar surface area (TPSA) is 117 Å². The van der Waals surface area contributed by atoms with Crippen molar-refractivity contribution in [2.24, 2.45) is 0 Å². The fraction of sp³-hybridized carbons (Fsp3) is 0.240. The van der Waals surface area contributed by atoms with E-state index in [2.05, 4.69) is 20.6 Å². The number of aromatic nitrogens is 2. The molecule has 3 aromatic rings. The Morgan fingerprint density at radius 2 is 1.88 bits per heavy atom. The second kappa shape index (κ2) is 9.78. The van der Waals surface area contributed by atoms with Crippen molar-refractivity contribution < 1.29 is 18.7 Å². The fourth-order valence-electron chi connectivity index (χ4n) is 3.95. The molecule has 8 nitrogen and oxygen atoms in total. The van der Waals surface area contributed by atoms with Crippen molar-refractivity contribution >= 4 is 17.7 Å². The number of hydrogen-bond donors (Lipinski definition) is 3. The zero-order valence-corrected chi connectivity index (χ0v) is 18.8. The van der Waals surface area contributed by atoms with E-state index in [1.54, 1.807) is 25.1 Å². The molecular weight excluding hydrogens is 437 g/mol. The van der Waals surface area contributed by atoms with E-state index in [-0.39, 0.29) is 35.7 Å². The molecule has 3 N–H and O–H groups in total. The number of carbonyl (C=O) groups is 2. The molecule has 0 fully saturated rings. The number of hydrogen-bond acceptors (Lipinski definition) is 6. The first-order valence-electron chi connectivity index (χ1n) is 10.8. The van der Waals surface area contributed by atoms with Crippen molar-refractivity contribution in [3.8, 4) is 0 Å². The molecule has 9 heteroatoms. The zero-order chi connectivity index (χ0) is 24.2. The molecule has 2 amide bonds. The first-order chi connectivity index (χ1) is 16.4. The van der Waals surface area contributed by atoms with E-state index in [1.807, 2.05) is 12.1 Å². The molecule has 2 aromatic carbocycles. The van der Waals surface area contributed by atoms with Gasteiger partial charge in [0.25, 0.3) is 11.8 Å². The van der Waals surface area contributed by atoms with Gasteiger partial charge in [0.15, 0.2) is 0 Å². The predicted octanol–water partition coefficient (Wildman–Crippen LogP) is 3.24. The number of halogens is 1. The number of nitrogens with zero attached hydrogens (tertiary/aromatic N) is 2. The quantitative estimate of drug-likeness (QED) is 0.385. The number of aryl methyl sites for hydroxylation is 2. The molecule has 4 rings (SSSR count). The fourth-order valence-corrected chi connectivity index (χ4v) is 3.95. The Bertz CT molecular complexity index is 1280. The van der Waals surface area contributed by atoms with Crippen molar-refractivity contribution in [3.05, 3.63) is 93.8 Å². The molecule has 34 heavy (non-hydrogen) atoms. The van der Waals surface area contributed by atoms with Gasteiger partial charge < -0.3 is 15.4 Å². The number of amides is 2. The summed E-state index contributed by atoms with van der Waals surface area (Å²) in [5, 5.41) is 13.5. The molecule has 0 saturated heterocycles. The Morgan fingerprint density at radius 3 is 2.62 bits per heavy atom. The monoisotopic (exact) mass is 461 g/mol. The Kier molecular flexibility index (Phi) is 6.62. The van der Waals surface area contributed by atoms with Crippen LogP contribution in [-0.4, -0.2) is 34.8 Å². The number of rotatable bonds is 6. The van der Waals surface area contributed by atoms with Gasteiger partial charge in [-0.1, -0.05) is 18.2 Å². The van der Waals surface area contributed by atoms with Crippen LogP contribution in [0.5, 0.6) is 0 Å². The minimum absolute atomic E-state index is 0.0634. The van der Waals surface area contributed by atoms with Crippen LogP contribution in [0, 0.1) is 18.2 Å². The maximum Gasteiger partial charge on any atom is 0.270 e. The maximum atomic E-state index is 13.4. The van der Waals surface area contributed by atoms with Crippen LogP contribution in [-0.2, 0) is 17.7 Å². The molecule has 0 aliphatic heterocycles. The van der Waals surface area contributed by atoms with Gasteiger partial charge in [-0.05, 0) is 60.2 Å². The van der Waals surface area contributed by atoms with Gasteiger partial charge in [-0.15, -0.1) is 0 Å².